The zero-order valence-corrected chi connectivity index (χ0v) is 11.0. The largest absolute Gasteiger partial charge is 0.410 e. The van der Waals surface area contributed by atoms with Crippen LogP contribution in [-0.2, 0) is 14.3 Å². The van der Waals surface area contributed by atoms with Crippen molar-refractivity contribution in [1.82, 2.24) is 4.90 Å². The van der Waals surface area contributed by atoms with E-state index in [9.17, 15) is 9.59 Å². The van der Waals surface area contributed by atoms with Gasteiger partial charge in [0.15, 0.2) is 5.88 Å². The third-order valence-electron chi connectivity index (χ3n) is 3.05. The second-order valence-corrected chi connectivity index (χ2v) is 4.45. The van der Waals surface area contributed by atoms with E-state index < -0.39 is 0 Å². The zero-order chi connectivity index (χ0) is 13.5. The molecule has 0 aliphatic carbocycles. The van der Waals surface area contributed by atoms with E-state index in [4.69, 9.17) is 4.74 Å². The summed E-state index contributed by atoms with van der Waals surface area (Å²) in [7, 11) is 0. The van der Waals surface area contributed by atoms with Crippen LogP contribution >= 0.6 is 0 Å². The van der Waals surface area contributed by atoms with Gasteiger partial charge in [0.2, 0.25) is 5.91 Å². The molecule has 0 radical (unpaired) electrons. The molecule has 4 nitrogen and oxygen atoms in total. The summed E-state index contributed by atoms with van der Waals surface area (Å²) in [5.74, 6) is -0.439. The summed E-state index contributed by atoms with van der Waals surface area (Å²) in [5.41, 5.74) is 0. The zero-order valence-electron chi connectivity index (χ0n) is 11.0. The molecule has 100 valence electrons. The Morgan fingerprint density at radius 2 is 2.28 bits per heavy atom. The molecule has 0 N–H and O–H groups in total. The highest BCUT2D eigenvalue weighted by atomic mass is 16.6. The Kier molecular flexibility index (Phi) is 5.62. The molecule has 1 aliphatic rings. The molecule has 1 amide bonds. The Bertz CT molecular complexity index is 349. The minimum Gasteiger partial charge on any atom is -0.410 e. The van der Waals surface area contributed by atoms with Crippen molar-refractivity contribution in [3.05, 3.63) is 25.1 Å². The van der Waals surface area contributed by atoms with Crippen LogP contribution < -0.4 is 0 Å². The fourth-order valence-electron chi connectivity index (χ4n) is 1.93. The Morgan fingerprint density at radius 3 is 2.83 bits per heavy atom. The summed E-state index contributed by atoms with van der Waals surface area (Å²) in [6.07, 6.45) is 5.57. The SMILES string of the molecule is C=CC1CCN(C(=C)OC(=O)CCCCC)C1=O. The summed E-state index contributed by atoms with van der Waals surface area (Å²) in [5, 5.41) is 0. The quantitative estimate of drug-likeness (QED) is 0.302. The number of hydrogen-bond donors (Lipinski definition) is 0. The molecule has 1 heterocycles. The first-order valence-electron chi connectivity index (χ1n) is 6.43. The smallest absolute Gasteiger partial charge is 0.312 e. The van der Waals surface area contributed by atoms with E-state index in [1.54, 1.807) is 6.08 Å². The molecular weight excluding hydrogens is 230 g/mol. The van der Waals surface area contributed by atoms with Gasteiger partial charge < -0.3 is 4.74 Å². The molecule has 1 atom stereocenters. The van der Waals surface area contributed by atoms with Gasteiger partial charge >= 0.3 is 5.97 Å². The lowest BCUT2D eigenvalue weighted by Gasteiger charge is -2.18. The molecule has 0 aromatic carbocycles. The molecule has 1 fully saturated rings. The van der Waals surface area contributed by atoms with Crippen LogP contribution in [0.5, 0.6) is 0 Å². The minimum absolute atomic E-state index is 0.0867. The maximum Gasteiger partial charge on any atom is 0.312 e. The molecule has 18 heavy (non-hydrogen) atoms. The van der Waals surface area contributed by atoms with Gasteiger partial charge in [-0.3, -0.25) is 14.5 Å². The number of hydrogen-bond acceptors (Lipinski definition) is 3. The first-order valence-corrected chi connectivity index (χ1v) is 6.43. The van der Waals surface area contributed by atoms with Gasteiger partial charge in [0.1, 0.15) is 0 Å². The molecule has 0 spiro atoms. The summed E-state index contributed by atoms with van der Waals surface area (Å²) in [6, 6.07) is 0. The fraction of sp³-hybridized carbons (Fsp3) is 0.571. The van der Waals surface area contributed by atoms with Crippen LogP contribution in [0, 0.1) is 5.92 Å². The van der Waals surface area contributed by atoms with E-state index in [2.05, 4.69) is 20.1 Å². The highest BCUT2D eigenvalue weighted by Gasteiger charge is 2.32. The maximum atomic E-state index is 11.8. The average Bonchev–Trinajstić information content (AvgIpc) is 2.70. The van der Waals surface area contributed by atoms with Crippen molar-refractivity contribution in [2.45, 2.75) is 39.0 Å². The summed E-state index contributed by atoms with van der Waals surface area (Å²) < 4.78 is 5.08. The molecule has 0 aromatic rings. The van der Waals surface area contributed by atoms with Crippen LogP contribution in [-0.4, -0.2) is 23.3 Å². The molecular formula is C14H21NO3. The lowest BCUT2D eigenvalue weighted by molar-refractivity contribution is -0.144. The second-order valence-electron chi connectivity index (χ2n) is 4.45. The predicted octanol–water partition coefficient (Wildman–Crippen LogP) is 2.62. The highest BCUT2D eigenvalue weighted by Crippen LogP contribution is 2.23. The van der Waals surface area contributed by atoms with Crippen molar-refractivity contribution in [3.8, 4) is 0 Å². The summed E-state index contributed by atoms with van der Waals surface area (Å²) >= 11 is 0. The van der Waals surface area contributed by atoms with Gasteiger partial charge in [0, 0.05) is 13.0 Å². The van der Waals surface area contributed by atoms with Gasteiger partial charge in [-0.25, -0.2) is 0 Å². The lowest BCUT2D eigenvalue weighted by atomic mass is 10.1. The molecule has 0 saturated carbocycles. The van der Waals surface area contributed by atoms with E-state index in [-0.39, 0.29) is 23.7 Å². The Balaban J connectivity index is 2.39. The number of likely N-dealkylation sites (tertiary alicyclic amines) is 1. The number of nitrogens with zero attached hydrogens (tertiary/aromatic N) is 1. The number of rotatable bonds is 7. The number of carbonyl (C=O) groups is 2. The Hall–Kier alpha value is -1.58. The topological polar surface area (TPSA) is 46.6 Å². The molecule has 1 aliphatic heterocycles. The Morgan fingerprint density at radius 1 is 1.56 bits per heavy atom. The van der Waals surface area contributed by atoms with Crippen LogP contribution in [0.4, 0.5) is 0 Å². The molecule has 0 aromatic heterocycles. The van der Waals surface area contributed by atoms with Crippen molar-refractivity contribution in [1.29, 1.82) is 0 Å². The van der Waals surface area contributed by atoms with Crippen LogP contribution in [0.2, 0.25) is 0 Å². The number of carbonyl (C=O) groups excluding carboxylic acids is 2. The fourth-order valence-corrected chi connectivity index (χ4v) is 1.93. The van der Waals surface area contributed by atoms with Crippen LogP contribution in [0.3, 0.4) is 0 Å². The second kappa shape index (κ2) is 6.99. The van der Waals surface area contributed by atoms with Gasteiger partial charge in [-0.1, -0.05) is 25.8 Å². The maximum absolute atomic E-state index is 11.8. The first kappa shape index (κ1) is 14.5. The molecule has 0 bridgehead atoms. The Labute approximate surface area is 108 Å². The highest BCUT2D eigenvalue weighted by molar-refractivity contribution is 5.84. The number of ether oxygens (including phenoxy) is 1. The average molecular weight is 251 g/mol. The normalized spacial score (nSPS) is 18.8. The molecule has 4 heteroatoms. The van der Waals surface area contributed by atoms with E-state index in [0.717, 1.165) is 19.3 Å². The molecule has 1 rings (SSSR count). The standard InChI is InChI=1S/C14H21NO3/c1-4-6-7-8-13(16)18-11(3)15-10-9-12(5-2)14(15)17/h5,12H,2-4,6-10H2,1H3. The van der Waals surface area contributed by atoms with E-state index >= 15 is 0 Å². The first-order chi connectivity index (χ1) is 8.60. The minimum atomic E-state index is -0.316. The van der Waals surface area contributed by atoms with Crippen molar-refractivity contribution in [2.24, 2.45) is 5.92 Å². The number of unbranched alkanes of at least 4 members (excludes halogenated alkanes) is 2. The van der Waals surface area contributed by atoms with Crippen molar-refractivity contribution >= 4 is 11.9 Å². The number of amides is 1. The van der Waals surface area contributed by atoms with E-state index in [1.807, 2.05) is 0 Å². The van der Waals surface area contributed by atoms with Gasteiger partial charge in [-0.15, -0.1) is 6.58 Å². The van der Waals surface area contributed by atoms with Gasteiger partial charge in [-0.2, -0.15) is 0 Å². The van der Waals surface area contributed by atoms with Gasteiger partial charge in [0.05, 0.1) is 5.92 Å². The number of esters is 1. The van der Waals surface area contributed by atoms with E-state index in [0.29, 0.717) is 19.4 Å². The third-order valence-corrected chi connectivity index (χ3v) is 3.05. The van der Waals surface area contributed by atoms with Crippen LogP contribution in [0.1, 0.15) is 39.0 Å². The van der Waals surface area contributed by atoms with Crippen molar-refractivity contribution in [3.63, 3.8) is 0 Å². The monoisotopic (exact) mass is 251 g/mol. The van der Waals surface area contributed by atoms with Gasteiger partial charge in [0.25, 0.3) is 0 Å². The van der Waals surface area contributed by atoms with Crippen molar-refractivity contribution < 1.29 is 14.3 Å². The van der Waals surface area contributed by atoms with Crippen molar-refractivity contribution in [2.75, 3.05) is 6.54 Å². The van der Waals surface area contributed by atoms with E-state index in [1.165, 1.54) is 4.90 Å². The lowest BCUT2D eigenvalue weighted by Crippen LogP contribution is -2.28. The molecule has 1 saturated heterocycles. The van der Waals surface area contributed by atoms with Crippen LogP contribution in [0.25, 0.3) is 0 Å². The van der Waals surface area contributed by atoms with Crippen LogP contribution in [0.15, 0.2) is 25.1 Å². The summed E-state index contributed by atoms with van der Waals surface area (Å²) in [4.78, 5) is 24.7. The third kappa shape index (κ3) is 3.72. The van der Waals surface area contributed by atoms with Gasteiger partial charge in [-0.05, 0) is 19.4 Å². The molecule has 1 unspecified atom stereocenters. The predicted molar refractivity (Wildman–Crippen MR) is 69.4 cm³/mol. The summed E-state index contributed by atoms with van der Waals surface area (Å²) in [6.45, 7) is 9.87.